The van der Waals surface area contributed by atoms with Crippen molar-refractivity contribution >= 4 is 33.3 Å². The van der Waals surface area contributed by atoms with Gasteiger partial charge in [0.05, 0.1) is 5.69 Å². The molecule has 0 radical (unpaired) electrons. The fourth-order valence-corrected chi connectivity index (χ4v) is 4.18. The summed E-state index contributed by atoms with van der Waals surface area (Å²) in [5.41, 5.74) is 4.10. The third kappa shape index (κ3) is 3.57. The summed E-state index contributed by atoms with van der Waals surface area (Å²) in [6, 6.07) is 18.1. The second-order valence-electron chi connectivity index (χ2n) is 6.22. The Labute approximate surface area is 169 Å². The van der Waals surface area contributed by atoms with E-state index >= 15 is 0 Å². The van der Waals surface area contributed by atoms with Gasteiger partial charge in [-0.15, -0.1) is 0 Å². The number of aromatic nitrogens is 4. The quantitative estimate of drug-likeness (QED) is 0.453. The third-order valence-electron chi connectivity index (χ3n) is 4.34. The third-order valence-corrected chi connectivity index (χ3v) is 5.91. The molecule has 7 heteroatoms. The van der Waals surface area contributed by atoms with Crippen LogP contribution in [0.5, 0.6) is 0 Å². The molecule has 0 saturated carbocycles. The van der Waals surface area contributed by atoms with Gasteiger partial charge in [0, 0.05) is 15.3 Å². The number of H-pyrrole nitrogens is 1. The minimum absolute atomic E-state index is 0.164. The predicted molar refractivity (Wildman–Crippen MR) is 112 cm³/mol. The van der Waals surface area contributed by atoms with Crippen LogP contribution in [0.15, 0.2) is 69.0 Å². The summed E-state index contributed by atoms with van der Waals surface area (Å²) in [5.74, 6) is 0. The second kappa shape index (κ2) is 7.32. The van der Waals surface area contributed by atoms with Crippen LogP contribution in [0.2, 0.25) is 0 Å². The molecule has 0 aliphatic heterocycles. The molecule has 1 N–H and O–H groups in total. The Bertz CT molecular complexity index is 1150. The summed E-state index contributed by atoms with van der Waals surface area (Å²) in [4.78, 5) is 20.1. The van der Waals surface area contributed by atoms with Crippen LogP contribution in [0.25, 0.3) is 16.8 Å². The number of halogens is 1. The Morgan fingerprint density at radius 1 is 1.11 bits per heavy atom. The van der Waals surface area contributed by atoms with Crippen LogP contribution in [-0.2, 0) is 0 Å². The average Bonchev–Trinajstić information content (AvgIpc) is 3.00. The minimum Gasteiger partial charge on any atom is -0.285 e. The van der Waals surface area contributed by atoms with Gasteiger partial charge in [-0.3, -0.25) is 4.98 Å². The van der Waals surface area contributed by atoms with E-state index in [4.69, 9.17) is 4.98 Å². The fourth-order valence-electron chi connectivity index (χ4n) is 3.00. The number of aromatic amines is 1. The largest absolute Gasteiger partial charge is 0.350 e. The van der Waals surface area contributed by atoms with Gasteiger partial charge < -0.3 is 0 Å². The van der Waals surface area contributed by atoms with Gasteiger partial charge >= 0.3 is 5.69 Å². The molecule has 27 heavy (non-hydrogen) atoms. The Morgan fingerprint density at radius 2 is 1.81 bits per heavy atom. The molecule has 2 aromatic carbocycles. The molecule has 0 spiro atoms. The Morgan fingerprint density at radius 3 is 2.52 bits per heavy atom. The van der Waals surface area contributed by atoms with E-state index in [0.29, 0.717) is 10.8 Å². The van der Waals surface area contributed by atoms with Crippen molar-refractivity contribution in [1.82, 2.24) is 19.6 Å². The SMILES string of the molecule is Cc1nn2c(=O)[nH]c(SC(C)c3ccccc3)nc2c1-c1ccc(Br)cc1. The van der Waals surface area contributed by atoms with Crippen molar-refractivity contribution in [3.8, 4) is 11.1 Å². The zero-order valence-corrected chi connectivity index (χ0v) is 17.2. The summed E-state index contributed by atoms with van der Waals surface area (Å²) >= 11 is 4.98. The van der Waals surface area contributed by atoms with Crippen LogP contribution in [0.1, 0.15) is 23.4 Å². The van der Waals surface area contributed by atoms with Crippen molar-refractivity contribution in [3.63, 3.8) is 0 Å². The molecule has 4 rings (SSSR count). The first-order chi connectivity index (χ1) is 13.0. The summed E-state index contributed by atoms with van der Waals surface area (Å²) in [6.07, 6.45) is 0. The highest BCUT2D eigenvalue weighted by Gasteiger charge is 2.17. The highest BCUT2D eigenvalue weighted by Crippen LogP contribution is 2.33. The molecule has 1 atom stereocenters. The number of benzene rings is 2. The zero-order valence-electron chi connectivity index (χ0n) is 14.8. The standard InChI is InChI=1S/C20H17BrN4OS/c1-12-17(15-8-10-16(21)11-9-15)18-22-19(23-20(26)25(18)24-12)27-13(2)14-6-4-3-5-7-14/h3-11,13H,1-2H3,(H,22,23,26). The average molecular weight is 441 g/mol. The van der Waals surface area contributed by atoms with E-state index in [2.05, 4.69) is 45.1 Å². The van der Waals surface area contributed by atoms with E-state index < -0.39 is 0 Å². The van der Waals surface area contributed by atoms with Crippen LogP contribution in [0.4, 0.5) is 0 Å². The highest BCUT2D eigenvalue weighted by molar-refractivity contribution is 9.10. The lowest BCUT2D eigenvalue weighted by atomic mass is 10.1. The van der Waals surface area contributed by atoms with Gasteiger partial charge in [0.15, 0.2) is 10.8 Å². The topological polar surface area (TPSA) is 63.1 Å². The van der Waals surface area contributed by atoms with E-state index in [1.54, 1.807) is 0 Å². The molecule has 0 saturated heterocycles. The molecule has 4 aromatic rings. The maximum absolute atomic E-state index is 12.6. The molecular weight excluding hydrogens is 424 g/mol. The number of hydrogen-bond acceptors (Lipinski definition) is 4. The lowest BCUT2D eigenvalue weighted by molar-refractivity contribution is 0.778. The molecule has 0 fully saturated rings. The first-order valence-corrected chi connectivity index (χ1v) is 10.2. The first-order valence-electron chi connectivity index (χ1n) is 8.50. The first kappa shape index (κ1) is 18.0. The number of nitrogens with one attached hydrogen (secondary N) is 1. The summed E-state index contributed by atoms with van der Waals surface area (Å²) in [7, 11) is 0. The normalized spacial score (nSPS) is 12.4. The Balaban J connectivity index is 1.79. The molecule has 1 unspecified atom stereocenters. The lowest BCUT2D eigenvalue weighted by Crippen LogP contribution is -2.19. The van der Waals surface area contributed by atoms with Crippen molar-refractivity contribution < 1.29 is 0 Å². The van der Waals surface area contributed by atoms with Crippen molar-refractivity contribution in [2.24, 2.45) is 0 Å². The number of nitrogens with zero attached hydrogens (tertiary/aromatic N) is 3. The van der Waals surface area contributed by atoms with Crippen molar-refractivity contribution in [1.29, 1.82) is 0 Å². The number of hydrogen-bond donors (Lipinski definition) is 1. The Kier molecular flexibility index (Phi) is 4.88. The van der Waals surface area contributed by atoms with Gasteiger partial charge in [0.25, 0.3) is 0 Å². The van der Waals surface area contributed by atoms with E-state index in [1.807, 2.05) is 49.4 Å². The second-order valence-corrected chi connectivity index (χ2v) is 8.47. The molecule has 0 aliphatic rings. The van der Waals surface area contributed by atoms with E-state index in [-0.39, 0.29) is 10.9 Å². The van der Waals surface area contributed by atoms with Crippen LogP contribution in [0.3, 0.4) is 0 Å². The van der Waals surface area contributed by atoms with Crippen molar-refractivity contribution in [3.05, 3.63) is 80.8 Å². The molecule has 5 nitrogen and oxygen atoms in total. The number of thioether (sulfide) groups is 1. The molecular formula is C20H17BrN4OS. The predicted octanol–water partition coefficient (Wildman–Crippen LogP) is 5.01. The molecule has 0 amide bonds. The van der Waals surface area contributed by atoms with Crippen molar-refractivity contribution in [2.75, 3.05) is 0 Å². The molecule has 2 aromatic heterocycles. The number of rotatable bonds is 4. The minimum atomic E-state index is -0.283. The van der Waals surface area contributed by atoms with Crippen LogP contribution in [-0.4, -0.2) is 19.6 Å². The fraction of sp³-hybridized carbons (Fsp3) is 0.150. The summed E-state index contributed by atoms with van der Waals surface area (Å²) < 4.78 is 2.34. The number of fused-ring (bicyclic) bond motifs is 1. The molecule has 0 aliphatic carbocycles. The van der Waals surface area contributed by atoms with Gasteiger partial charge in [0.2, 0.25) is 0 Å². The van der Waals surface area contributed by atoms with Crippen molar-refractivity contribution in [2.45, 2.75) is 24.3 Å². The van der Waals surface area contributed by atoms with E-state index in [0.717, 1.165) is 21.3 Å². The highest BCUT2D eigenvalue weighted by atomic mass is 79.9. The summed E-state index contributed by atoms with van der Waals surface area (Å²) in [6.45, 7) is 3.99. The van der Waals surface area contributed by atoms with Gasteiger partial charge in [-0.05, 0) is 37.1 Å². The van der Waals surface area contributed by atoms with Crippen LogP contribution in [0, 0.1) is 6.92 Å². The molecule has 136 valence electrons. The maximum Gasteiger partial charge on any atom is 0.350 e. The Hall–Kier alpha value is -2.38. The van der Waals surface area contributed by atoms with Gasteiger partial charge in [-0.2, -0.15) is 9.61 Å². The van der Waals surface area contributed by atoms with Gasteiger partial charge in [-0.25, -0.2) is 9.78 Å². The lowest BCUT2D eigenvalue weighted by Gasteiger charge is -2.10. The summed E-state index contributed by atoms with van der Waals surface area (Å²) in [5, 5.41) is 5.13. The van der Waals surface area contributed by atoms with E-state index in [1.165, 1.54) is 21.8 Å². The van der Waals surface area contributed by atoms with Gasteiger partial charge in [-0.1, -0.05) is 70.2 Å². The number of aryl methyl sites for hydroxylation is 1. The molecule has 2 heterocycles. The monoisotopic (exact) mass is 440 g/mol. The maximum atomic E-state index is 12.6. The van der Waals surface area contributed by atoms with Crippen LogP contribution >= 0.6 is 27.7 Å². The smallest absolute Gasteiger partial charge is 0.285 e. The molecule has 0 bridgehead atoms. The van der Waals surface area contributed by atoms with Gasteiger partial charge in [0.1, 0.15) is 0 Å². The van der Waals surface area contributed by atoms with E-state index in [9.17, 15) is 4.79 Å². The zero-order chi connectivity index (χ0) is 19.0. The van der Waals surface area contributed by atoms with Crippen LogP contribution < -0.4 is 5.69 Å².